The minimum atomic E-state index is 0.459. The molecular formula is C9H14O2. The molecule has 0 bridgehead atoms. The van der Waals surface area contributed by atoms with Gasteiger partial charge in [-0.1, -0.05) is 13.3 Å². The van der Waals surface area contributed by atoms with Crippen molar-refractivity contribution in [2.24, 2.45) is 5.92 Å². The molecule has 1 atom stereocenters. The van der Waals surface area contributed by atoms with Gasteiger partial charge >= 0.3 is 0 Å². The quantitative estimate of drug-likeness (QED) is 0.577. The predicted molar refractivity (Wildman–Crippen MR) is 41.7 cm³/mol. The van der Waals surface area contributed by atoms with E-state index in [0.717, 1.165) is 30.3 Å². The second-order valence-corrected chi connectivity index (χ2v) is 3.27. The Bertz CT molecular complexity index is 184. The van der Waals surface area contributed by atoms with E-state index in [4.69, 9.17) is 9.47 Å². The predicted octanol–water partition coefficient (Wildman–Crippen LogP) is 2.41. The lowest BCUT2D eigenvalue weighted by atomic mass is 9.90. The van der Waals surface area contributed by atoms with Gasteiger partial charge in [0.05, 0.1) is 0 Å². The van der Waals surface area contributed by atoms with Crippen molar-refractivity contribution in [2.45, 2.75) is 32.6 Å². The standard InChI is InChI=1S/C9H14O2/c1-2-7-3-4-8-9(5-7)11-6-10-8/h7H,2-6H2,1H3. The van der Waals surface area contributed by atoms with Gasteiger partial charge in [-0.3, -0.25) is 0 Å². The van der Waals surface area contributed by atoms with Gasteiger partial charge in [0.25, 0.3) is 0 Å². The third kappa shape index (κ3) is 1.22. The highest BCUT2D eigenvalue weighted by molar-refractivity contribution is 5.08. The normalized spacial score (nSPS) is 29.4. The lowest BCUT2D eigenvalue weighted by molar-refractivity contribution is 0.0689. The Balaban J connectivity index is 2.05. The van der Waals surface area contributed by atoms with Crippen LogP contribution in [0.5, 0.6) is 0 Å². The first-order valence-electron chi connectivity index (χ1n) is 4.37. The average Bonchev–Trinajstić information content (AvgIpc) is 2.50. The number of rotatable bonds is 1. The van der Waals surface area contributed by atoms with Crippen LogP contribution in [0.15, 0.2) is 11.5 Å². The minimum absolute atomic E-state index is 0.459. The Kier molecular flexibility index (Phi) is 1.76. The van der Waals surface area contributed by atoms with E-state index in [1.807, 2.05) is 0 Å². The molecule has 0 fully saturated rings. The highest BCUT2D eigenvalue weighted by atomic mass is 16.7. The zero-order valence-electron chi connectivity index (χ0n) is 6.93. The topological polar surface area (TPSA) is 18.5 Å². The van der Waals surface area contributed by atoms with Crippen LogP contribution in [-0.4, -0.2) is 6.79 Å². The third-order valence-electron chi connectivity index (χ3n) is 2.61. The first-order valence-corrected chi connectivity index (χ1v) is 4.37. The summed E-state index contributed by atoms with van der Waals surface area (Å²) in [5, 5.41) is 0. The van der Waals surface area contributed by atoms with Crippen LogP contribution in [0.25, 0.3) is 0 Å². The van der Waals surface area contributed by atoms with E-state index >= 15 is 0 Å². The van der Waals surface area contributed by atoms with Gasteiger partial charge in [0, 0.05) is 12.8 Å². The fourth-order valence-corrected chi connectivity index (χ4v) is 1.76. The molecule has 0 amide bonds. The molecule has 11 heavy (non-hydrogen) atoms. The van der Waals surface area contributed by atoms with Gasteiger partial charge in [0.2, 0.25) is 6.79 Å². The zero-order valence-corrected chi connectivity index (χ0v) is 6.93. The van der Waals surface area contributed by atoms with Crippen LogP contribution in [0.4, 0.5) is 0 Å². The Labute approximate surface area is 67.2 Å². The fraction of sp³-hybridized carbons (Fsp3) is 0.778. The molecule has 0 aromatic carbocycles. The number of allylic oxidation sites excluding steroid dienone is 2. The van der Waals surface area contributed by atoms with Crippen molar-refractivity contribution in [2.75, 3.05) is 6.79 Å². The summed E-state index contributed by atoms with van der Waals surface area (Å²) in [5.41, 5.74) is 0. The molecule has 62 valence electrons. The molecule has 0 saturated carbocycles. The summed E-state index contributed by atoms with van der Waals surface area (Å²) in [6, 6.07) is 0. The Morgan fingerprint density at radius 1 is 1.36 bits per heavy atom. The SMILES string of the molecule is CCC1CCC2=C(C1)OCO2. The summed E-state index contributed by atoms with van der Waals surface area (Å²) in [6.45, 7) is 2.70. The van der Waals surface area contributed by atoms with Crippen molar-refractivity contribution in [3.63, 3.8) is 0 Å². The van der Waals surface area contributed by atoms with Gasteiger partial charge in [-0.2, -0.15) is 0 Å². The van der Waals surface area contributed by atoms with Crippen LogP contribution in [0.1, 0.15) is 32.6 Å². The van der Waals surface area contributed by atoms with Gasteiger partial charge in [0.1, 0.15) is 11.5 Å². The lowest BCUT2D eigenvalue weighted by Gasteiger charge is -2.19. The van der Waals surface area contributed by atoms with Gasteiger partial charge in [-0.25, -0.2) is 0 Å². The Morgan fingerprint density at radius 2 is 2.18 bits per heavy atom. The summed E-state index contributed by atoms with van der Waals surface area (Å²) in [7, 11) is 0. The Morgan fingerprint density at radius 3 is 3.00 bits per heavy atom. The maximum Gasteiger partial charge on any atom is 0.230 e. The van der Waals surface area contributed by atoms with Crippen molar-refractivity contribution in [1.82, 2.24) is 0 Å². The summed E-state index contributed by atoms with van der Waals surface area (Å²) in [6.07, 6.45) is 4.73. The molecule has 2 heteroatoms. The summed E-state index contributed by atoms with van der Waals surface area (Å²) in [5.74, 6) is 3.08. The maximum atomic E-state index is 5.35. The molecule has 1 heterocycles. The summed E-state index contributed by atoms with van der Waals surface area (Å²) >= 11 is 0. The third-order valence-corrected chi connectivity index (χ3v) is 2.61. The zero-order chi connectivity index (χ0) is 7.68. The molecule has 2 rings (SSSR count). The van der Waals surface area contributed by atoms with Crippen LogP contribution in [0, 0.1) is 5.92 Å². The van der Waals surface area contributed by atoms with Crippen LogP contribution in [0.3, 0.4) is 0 Å². The van der Waals surface area contributed by atoms with Crippen LogP contribution < -0.4 is 0 Å². The van der Waals surface area contributed by atoms with Crippen LogP contribution in [-0.2, 0) is 9.47 Å². The van der Waals surface area contributed by atoms with Crippen LogP contribution >= 0.6 is 0 Å². The van der Waals surface area contributed by atoms with Crippen molar-refractivity contribution >= 4 is 0 Å². The first-order chi connectivity index (χ1) is 5.40. The van der Waals surface area contributed by atoms with Gasteiger partial charge in [-0.15, -0.1) is 0 Å². The smallest absolute Gasteiger partial charge is 0.230 e. The molecule has 0 aromatic rings. The molecule has 0 saturated heterocycles. The molecule has 1 aliphatic carbocycles. The van der Waals surface area contributed by atoms with Crippen molar-refractivity contribution in [1.29, 1.82) is 0 Å². The minimum Gasteiger partial charge on any atom is -0.458 e. The molecule has 0 N–H and O–H groups in total. The highest BCUT2D eigenvalue weighted by Gasteiger charge is 2.25. The molecular weight excluding hydrogens is 140 g/mol. The van der Waals surface area contributed by atoms with Crippen molar-refractivity contribution < 1.29 is 9.47 Å². The largest absolute Gasteiger partial charge is 0.458 e. The second-order valence-electron chi connectivity index (χ2n) is 3.27. The van der Waals surface area contributed by atoms with E-state index in [0.29, 0.717) is 6.79 Å². The molecule has 1 aliphatic heterocycles. The second kappa shape index (κ2) is 2.76. The van der Waals surface area contributed by atoms with E-state index in [1.54, 1.807) is 0 Å². The monoisotopic (exact) mass is 154 g/mol. The van der Waals surface area contributed by atoms with Crippen molar-refractivity contribution in [3.8, 4) is 0 Å². The molecule has 2 aliphatic rings. The van der Waals surface area contributed by atoms with Crippen LogP contribution in [0.2, 0.25) is 0 Å². The van der Waals surface area contributed by atoms with E-state index in [9.17, 15) is 0 Å². The van der Waals surface area contributed by atoms with Gasteiger partial charge in [-0.05, 0) is 12.3 Å². The average molecular weight is 154 g/mol. The molecule has 1 unspecified atom stereocenters. The van der Waals surface area contributed by atoms with E-state index in [1.165, 1.54) is 12.8 Å². The number of hydrogen-bond acceptors (Lipinski definition) is 2. The molecule has 0 radical (unpaired) electrons. The lowest BCUT2D eigenvalue weighted by Crippen LogP contribution is -2.07. The molecule has 0 spiro atoms. The summed E-state index contributed by atoms with van der Waals surface area (Å²) < 4.78 is 10.7. The molecule has 2 nitrogen and oxygen atoms in total. The van der Waals surface area contributed by atoms with Crippen molar-refractivity contribution in [3.05, 3.63) is 11.5 Å². The first kappa shape index (κ1) is 7.01. The van der Waals surface area contributed by atoms with E-state index in [-0.39, 0.29) is 0 Å². The van der Waals surface area contributed by atoms with Gasteiger partial charge < -0.3 is 9.47 Å². The maximum absolute atomic E-state index is 5.35. The fourth-order valence-electron chi connectivity index (χ4n) is 1.76. The number of hydrogen-bond donors (Lipinski definition) is 0. The highest BCUT2D eigenvalue weighted by Crippen LogP contribution is 2.35. The van der Waals surface area contributed by atoms with E-state index in [2.05, 4.69) is 6.92 Å². The number of ether oxygens (including phenoxy) is 2. The summed E-state index contributed by atoms with van der Waals surface area (Å²) in [4.78, 5) is 0. The van der Waals surface area contributed by atoms with E-state index < -0.39 is 0 Å². The van der Waals surface area contributed by atoms with Gasteiger partial charge in [0.15, 0.2) is 0 Å². The Hall–Kier alpha value is -0.660. The molecule has 0 aromatic heterocycles.